The molecule has 6 nitrogen and oxygen atoms in total. The minimum absolute atomic E-state index is 0.0298. The lowest BCUT2D eigenvalue weighted by atomic mass is 9.95. The molecule has 1 N–H and O–H groups in total. The summed E-state index contributed by atoms with van der Waals surface area (Å²) in [5.74, 6) is -1.70. The second kappa shape index (κ2) is 8.28. The van der Waals surface area contributed by atoms with Crippen LogP contribution in [0.5, 0.6) is 5.75 Å². The minimum atomic E-state index is -0.832. The molecule has 2 heterocycles. The van der Waals surface area contributed by atoms with E-state index in [2.05, 4.69) is 0 Å². The summed E-state index contributed by atoms with van der Waals surface area (Å²) in [5.41, 5.74) is 0.868. The number of ketones is 1. The molecule has 0 bridgehead atoms. The number of nitrogens with zero attached hydrogens (tertiary/aromatic N) is 1. The van der Waals surface area contributed by atoms with E-state index in [4.69, 9.17) is 9.47 Å². The predicted octanol–water partition coefficient (Wildman–Crippen LogP) is 3.44. The first-order chi connectivity index (χ1) is 14.5. The number of likely N-dealkylation sites (tertiary alicyclic amines) is 1. The standard InChI is InChI=1S/C23H22FNO5/c1-29-17-5-2-4-15(12-17)21(26)19-20(14-7-9-16(24)10-8-14)25(23(28)22(19)27)13-18-6-3-11-30-18/h2,4-5,7-10,12,18,20,26H,3,6,11,13H2,1H3/b21-19-. The number of rotatable bonds is 5. The van der Waals surface area contributed by atoms with Gasteiger partial charge in [-0.2, -0.15) is 0 Å². The zero-order chi connectivity index (χ0) is 21.3. The number of halogens is 1. The summed E-state index contributed by atoms with van der Waals surface area (Å²) in [7, 11) is 1.50. The molecule has 7 heteroatoms. The number of ether oxygens (including phenoxy) is 2. The molecule has 156 valence electrons. The van der Waals surface area contributed by atoms with Crippen molar-refractivity contribution in [2.75, 3.05) is 20.3 Å². The summed E-state index contributed by atoms with van der Waals surface area (Å²) in [6.07, 6.45) is 1.50. The molecule has 2 saturated heterocycles. The molecule has 1 amide bonds. The zero-order valence-electron chi connectivity index (χ0n) is 16.5. The van der Waals surface area contributed by atoms with Crippen LogP contribution in [-0.4, -0.2) is 48.1 Å². The van der Waals surface area contributed by atoms with Gasteiger partial charge in [0.25, 0.3) is 11.7 Å². The van der Waals surface area contributed by atoms with Crippen LogP contribution in [-0.2, 0) is 14.3 Å². The summed E-state index contributed by atoms with van der Waals surface area (Å²) in [5, 5.41) is 11.0. The van der Waals surface area contributed by atoms with E-state index in [0.717, 1.165) is 12.8 Å². The molecule has 2 atom stereocenters. The fourth-order valence-electron chi connectivity index (χ4n) is 3.99. The molecule has 2 aromatic carbocycles. The number of Topliss-reactive ketones (excluding diaryl/α,β-unsaturated/α-hetero) is 1. The van der Waals surface area contributed by atoms with Crippen LogP contribution in [0, 0.1) is 5.82 Å². The molecule has 2 aliphatic rings. The molecule has 2 aromatic rings. The third kappa shape index (κ3) is 3.68. The van der Waals surface area contributed by atoms with E-state index < -0.39 is 23.5 Å². The third-order valence-electron chi connectivity index (χ3n) is 5.49. The fourth-order valence-corrected chi connectivity index (χ4v) is 3.99. The van der Waals surface area contributed by atoms with Gasteiger partial charge in [0.05, 0.1) is 24.8 Å². The van der Waals surface area contributed by atoms with Gasteiger partial charge in [-0.05, 0) is 42.7 Å². The number of aliphatic hydroxyl groups is 1. The molecule has 0 aliphatic carbocycles. The smallest absolute Gasteiger partial charge is 0.295 e. The van der Waals surface area contributed by atoms with Crippen LogP contribution >= 0.6 is 0 Å². The zero-order valence-corrected chi connectivity index (χ0v) is 16.5. The Morgan fingerprint density at radius 3 is 2.67 bits per heavy atom. The Labute approximate surface area is 173 Å². The van der Waals surface area contributed by atoms with Crippen molar-refractivity contribution >= 4 is 17.4 Å². The summed E-state index contributed by atoms with van der Waals surface area (Å²) >= 11 is 0. The van der Waals surface area contributed by atoms with Crippen LogP contribution in [0.4, 0.5) is 4.39 Å². The highest BCUT2D eigenvalue weighted by atomic mass is 19.1. The average molecular weight is 411 g/mol. The van der Waals surface area contributed by atoms with E-state index in [1.165, 1.54) is 36.3 Å². The van der Waals surface area contributed by atoms with Crippen molar-refractivity contribution in [2.45, 2.75) is 25.0 Å². The number of hydrogen-bond donors (Lipinski definition) is 1. The van der Waals surface area contributed by atoms with E-state index in [9.17, 15) is 19.1 Å². The van der Waals surface area contributed by atoms with Crippen molar-refractivity contribution in [2.24, 2.45) is 0 Å². The van der Waals surface area contributed by atoms with Gasteiger partial charge in [-0.15, -0.1) is 0 Å². The highest BCUT2D eigenvalue weighted by Crippen LogP contribution is 2.40. The van der Waals surface area contributed by atoms with Crippen molar-refractivity contribution in [3.8, 4) is 5.75 Å². The monoisotopic (exact) mass is 411 g/mol. The number of benzene rings is 2. The molecule has 30 heavy (non-hydrogen) atoms. The minimum Gasteiger partial charge on any atom is -0.507 e. The number of hydrogen-bond acceptors (Lipinski definition) is 5. The Morgan fingerprint density at radius 1 is 1.23 bits per heavy atom. The Hall–Kier alpha value is -3.19. The second-order valence-electron chi connectivity index (χ2n) is 7.37. The maximum Gasteiger partial charge on any atom is 0.295 e. The van der Waals surface area contributed by atoms with Gasteiger partial charge in [-0.1, -0.05) is 24.3 Å². The van der Waals surface area contributed by atoms with Crippen molar-refractivity contribution < 1.29 is 28.6 Å². The Balaban J connectivity index is 1.82. The van der Waals surface area contributed by atoms with Gasteiger partial charge in [0.2, 0.25) is 0 Å². The maximum atomic E-state index is 13.5. The molecule has 2 aliphatic heterocycles. The molecule has 0 saturated carbocycles. The van der Waals surface area contributed by atoms with Crippen LogP contribution in [0.3, 0.4) is 0 Å². The van der Waals surface area contributed by atoms with Gasteiger partial charge >= 0.3 is 0 Å². The van der Waals surface area contributed by atoms with Crippen LogP contribution in [0.2, 0.25) is 0 Å². The third-order valence-corrected chi connectivity index (χ3v) is 5.49. The number of aliphatic hydroxyl groups excluding tert-OH is 1. The van der Waals surface area contributed by atoms with Crippen molar-refractivity contribution in [3.05, 3.63) is 71.0 Å². The number of carbonyl (C=O) groups is 2. The molecular formula is C23H22FNO5. The van der Waals surface area contributed by atoms with E-state index in [0.29, 0.717) is 23.5 Å². The molecule has 2 fully saturated rings. The van der Waals surface area contributed by atoms with Crippen LogP contribution in [0.15, 0.2) is 54.1 Å². The van der Waals surface area contributed by atoms with Gasteiger partial charge in [0, 0.05) is 18.7 Å². The first kappa shape index (κ1) is 20.1. The van der Waals surface area contributed by atoms with E-state index in [-0.39, 0.29) is 24.0 Å². The number of carbonyl (C=O) groups excluding carboxylic acids is 2. The summed E-state index contributed by atoms with van der Waals surface area (Å²) in [6, 6.07) is 11.4. The topological polar surface area (TPSA) is 76.1 Å². The number of amides is 1. The summed E-state index contributed by atoms with van der Waals surface area (Å²) in [6.45, 7) is 0.834. The van der Waals surface area contributed by atoms with Gasteiger partial charge in [0.15, 0.2) is 0 Å². The molecular weight excluding hydrogens is 389 g/mol. The summed E-state index contributed by atoms with van der Waals surface area (Å²) < 4.78 is 24.4. The van der Waals surface area contributed by atoms with E-state index >= 15 is 0 Å². The van der Waals surface area contributed by atoms with Crippen LogP contribution in [0.1, 0.15) is 30.0 Å². The van der Waals surface area contributed by atoms with Crippen molar-refractivity contribution in [1.29, 1.82) is 0 Å². The maximum absolute atomic E-state index is 13.5. The van der Waals surface area contributed by atoms with Gasteiger partial charge < -0.3 is 19.5 Å². The van der Waals surface area contributed by atoms with E-state index in [1.54, 1.807) is 24.3 Å². The fraction of sp³-hybridized carbons (Fsp3) is 0.304. The van der Waals surface area contributed by atoms with Gasteiger partial charge in [0.1, 0.15) is 17.3 Å². The normalized spacial score (nSPS) is 23.2. The van der Waals surface area contributed by atoms with E-state index in [1.807, 2.05) is 0 Å². The molecule has 4 rings (SSSR count). The lowest BCUT2D eigenvalue weighted by Crippen LogP contribution is -2.36. The lowest BCUT2D eigenvalue weighted by molar-refractivity contribution is -0.140. The highest BCUT2D eigenvalue weighted by molar-refractivity contribution is 6.46. The predicted molar refractivity (Wildman–Crippen MR) is 107 cm³/mol. The van der Waals surface area contributed by atoms with Crippen molar-refractivity contribution in [3.63, 3.8) is 0 Å². The summed E-state index contributed by atoms with van der Waals surface area (Å²) in [4.78, 5) is 27.3. The number of methoxy groups -OCH3 is 1. The molecule has 0 radical (unpaired) electrons. The largest absolute Gasteiger partial charge is 0.507 e. The van der Waals surface area contributed by atoms with Gasteiger partial charge in [-0.3, -0.25) is 9.59 Å². The highest BCUT2D eigenvalue weighted by Gasteiger charge is 2.47. The first-order valence-electron chi connectivity index (χ1n) is 9.79. The Kier molecular flexibility index (Phi) is 5.55. The quantitative estimate of drug-likeness (QED) is 0.463. The van der Waals surface area contributed by atoms with Crippen LogP contribution < -0.4 is 4.74 Å². The molecule has 2 unspecified atom stereocenters. The SMILES string of the molecule is COc1cccc(/C(O)=C2/C(=O)C(=O)N(CC3CCCO3)C2c2ccc(F)cc2)c1. The molecule has 0 aromatic heterocycles. The lowest BCUT2D eigenvalue weighted by Gasteiger charge is -2.27. The molecule has 0 spiro atoms. The van der Waals surface area contributed by atoms with Crippen molar-refractivity contribution in [1.82, 2.24) is 4.90 Å². The Bertz CT molecular complexity index is 995. The average Bonchev–Trinajstić information content (AvgIpc) is 3.36. The Morgan fingerprint density at radius 2 is 2.00 bits per heavy atom. The van der Waals surface area contributed by atoms with Gasteiger partial charge in [-0.25, -0.2) is 4.39 Å². The van der Waals surface area contributed by atoms with Crippen LogP contribution in [0.25, 0.3) is 5.76 Å². The second-order valence-corrected chi connectivity index (χ2v) is 7.37. The first-order valence-corrected chi connectivity index (χ1v) is 9.79.